The Morgan fingerprint density at radius 1 is 1.40 bits per heavy atom. The van der Waals surface area contributed by atoms with E-state index >= 15 is 0 Å². The fourth-order valence-corrected chi connectivity index (χ4v) is 1.78. The molecule has 0 fully saturated rings. The third-order valence-corrected chi connectivity index (χ3v) is 2.68. The molecule has 0 saturated carbocycles. The van der Waals surface area contributed by atoms with Crippen LogP contribution in [0.25, 0.3) is 0 Å². The van der Waals surface area contributed by atoms with Gasteiger partial charge in [0.15, 0.2) is 0 Å². The predicted molar refractivity (Wildman–Crippen MR) is 71.2 cm³/mol. The maximum absolute atomic E-state index is 13.5. The van der Waals surface area contributed by atoms with Crippen LogP contribution in [0.15, 0.2) is 36.5 Å². The number of hydrogen-bond acceptors (Lipinski definition) is 5. The van der Waals surface area contributed by atoms with Crippen molar-refractivity contribution in [3.63, 3.8) is 0 Å². The molecule has 0 spiro atoms. The van der Waals surface area contributed by atoms with Crippen LogP contribution in [0.2, 0.25) is 0 Å². The highest BCUT2D eigenvalue weighted by atomic mass is 19.1. The summed E-state index contributed by atoms with van der Waals surface area (Å²) in [5.74, 6) is -0.461. The first-order chi connectivity index (χ1) is 9.63. The number of anilines is 1. The van der Waals surface area contributed by atoms with E-state index in [-0.39, 0.29) is 12.2 Å². The largest absolute Gasteiger partial charge is 0.481 e. The summed E-state index contributed by atoms with van der Waals surface area (Å²) in [7, 11) is 1.48. The molecule has 6 nitrogen and oxygen atoms in total. The average molecular weight is 277 g/mol. The number of methoxy groups -OCH3 is 1. The number of pyridine rings is 1. The molecule has 1 N–H and O–H groups in total. The molecule has 20 heavy (non-hydrogen) atoms. The summed E-state index contributed by atoms with van der Waals surface area (Å²) in [6, 6.07) is 7.40. The molecule has 0 saturated heterocycles. The van der Waals surface area contributed by atoms with Crippen molar-refractivity contribution in [3.8, 4) is 5.88 Å². The zero-order valence-corrected chi connectivity index (χ0v) is 10.7. The number of nitro benzene ring substituents is 1. The number of para-hydroxylation sites is 1. The molecule has 0 unspecified atom stereocenters. The molecule has 1 aromatic carbocycles. The predicted octanol–water partition coefficient (Wildman–Crippen LogP) is 2.75. The van der Waals surface area contributed by atoms with Crippen molar-refractivity contribution in [2.24, 2.45) is 0 Å². The van der Waals surface area contributed by atoms with Crippen LogP contribution < -0.4 is 10.1 Å². The quantitative estimate of drug-likeness (QED) is 0.671. The Balaban J connectivity index is 2.23. The molecule has 7 heteroatoms. The second kappa shape index (κ2) is 5.96. The zero-order chi connectivity index (χ0) is 14.5. The number of nitro groups is 1. The second-order valence-corrected chi connectivity index (χ2v) is 3.92. The number of nitrogens with zero attached hydrogens (tertiary/aromatic N) is 2. The SMILES string of the molecule is COc1ncccc1CNc1cccc(F)c1[N+](=O)[O-]. The summed E-state index contributed by atoms with van der Waals surface area (Å²) < 4.78 is 18.5. The molecule has 2 rings (SSSR count). The lowest BCUT2D eigenvalue weighted by Crippen LogP contribution is -2.05. The van der Waals surface area contributed by atoms with E-state index in [1.165, 1.54) is 19.2 Å². The molecule has 0 aliphatic rings. The second-order valence-electron chi connectivity index (χ2n) is 3.92. The zero-order valence-electron chi connectivity index (χ0n) is 10.7. The van der Waals surface area contributed by atoms with E-state index in [2.05, 4.69) is 10.3 Å². The number of nitrogens with one attached hydrogen (secondary N) is 1. The van der Waals surface area contributed by atoms with Crippen LogP contribution in [0.4, 0.5) is 15.8 Å². The molecular formula is C13H12FN3O3. The fraction of sp³-hybridized carbons (Fsp3) is 0.154. The van der Waals surface area contributed by atoms with E-state index in [0.717, 1.165) is 6.07 Å². The molecule has 1 aromatic heterocycles. The summed E-state index contributed by atoms with van der Waals surface area (Å²) in [6.45, 7) is 0.237. The summed E-state index contributed by atoms with van der Waals surface area (Å²) >= 11 is 0. The van der Waals surface area contributed by atoms with Gasteiger partial charge >= 0.3 is 5.69 Å². The van der Waals surface area contributed by atoms with Gasteiger partial charge in [0.2, 0.25) is 11.7 Å². The third-order valence-electron chi connectivity index (χ3n) is 2.68. The van der Waals surface area contributed by atoms with Crippen molar-refractivity contribution in [2.45, 2.75) is 6.54 Å². The van der Waals surface area contributed by atoms with Crippen LogP contribution in [-0.2, 0) is 6.54 Å². The van der Waals surface area contributed by atoms with E-state index in [0.29, 0.717) is 11.4 Å². The van der Waals surface area contributed by atoms with E-state index in [1.54, 1.807) is 18.3 Å². The van der Waals surface area contributed by atoms with Crippen molar-refractivity contribution >= 4 is 11.4 Å². The summed E-state index contributed by atoms with van der Waals surface area (Å²) in [6.07, 6.45) is 1.58. The minimum Gasteiger partial charge on any atom is -0.481 e. The van der Waals surface area contributed by atoms with E-state index in [4.69, 9.17) is 4.74 Å². The Labute approximate surface area is 114 Å². The number of rotatable bonds is 5. The number of halogens is 1. The Bertz CT molecular complexity index is 634. The van der Waals surface area contributed by atoms with Gasteiger partial charge in [0, 0.05) is 18.3 Å². The smallest absolute Gasteiger partial charge is 0.327 e. The Morgan fingerprint density at radius 2 is 2.20 bits per heavy atom. The van der Waals surface area contributed by atoms with Gasteiger partial charge in [0.1, 0.15) is 5.69 Å². The van der Waals surface area contributed by atoms with Crippen molar-refractivity contribution in [2.75, 3.05) is 12.4 Å². The number of hydrogen-bond donors (Lipinski definition) is 1. The summed E-state index contributed by atoms with van der Waals surface area (Å²) in [5.41, 5.74) is 0.254. The standard InChI is InChI=1S/C13H12FN3O3/c1-20-13-9(4-3-7-15-13)8-16-11-6-2-5-10(14)12(11)17(18)19/h2-7,16H,8H2,1H3. The summed E-state index contributed by atoms with van der Waals surface area (Å²) in [5, 5.41) is 13.7. The van der Waals surface area contributed by atoms with E-state index < -0.39 is 16.4 Å². The molecule has 0 bridgehead atoms. The van der Waals surface area contributed by atoms with Gasteiger partial charge < -0.3 is 10.1 Å². The highest BCUT2D eigenvalue weighted by Gasteiger charge is 2.19. The lowest BCUT2D eigenvalue weighted by atomic mass is 10.2. The molecule has 104 valence electrons. The Kier molecular flexibility index (Phi) is 4.09. The van der Waals surface area contributed by atoms with Gasteiger partial charge in [-0.25, -0.2) is 4.98 Å². The van der Waals surface area contributed by atoms with Crippen LogP contribution in [-0.4, -0.2) is 17.0 Å². The van der Waals surface area contributed by atoms with Crippen molar-refractivity contribution in [1.82, 2.24) is 4.98 Å². The van der Waals surface area contributed by atoms with Gasteiger partial charge in [-0.3, -0.25) is 10.1 Å². The van der Waals surface area contributed by atoms with Crippen LogP contribution in [0.1, 0.15) is 5.56 Å². The molecule has 2 aromatic rings. The van der Waals surface area contributed by atoms with Crippen LogP contribution >= 0.6 is 0 Å². The minimum absolute atomic E-state index is 0.112. The van der Waals surface area contributed by atoms with Crippen molar-refractivity contribution in [1.29, 1.82) is 0 Å². The topological polar surface area (TPSA) is 77.3 Å². The highest BCUT2D eigenvalue weighted by molar-refractivity contribution is 5.62. The lowest BCUT2D eigenvalue weighted by molar-refractivity contribution is -0.386. The molecule has 0 aliphatic carbocycles. The number of benzene rings is 1. The first-order valence-electron chi connectivity index (χ1n) is 5.78. The molecule has 0 amide bonds. The number of ether oxygens (including phenoxy) is 1. The van der Waals surface area contributed by atoms with Gasteiger partial charge in [0.05, 0.1) is 12.0 Å². The number of aromatic nitrogens is 1. The minimum atomic E-state index is -0.877. The van der Waals surface area contributed by atoms with Gasteiger partial charge in [-0.05, 0) is 18.2 Å². The molecule has 1 heterocycles. The molecular weight excluding hydrogens is 265 g/mol. The third kappa shape index (κ3) is 2.82. The van der Waals surface area contributed by atoms with Crippen LogP contribution in [0.5, 0.6) is 5.88 Å². The van der Waals surface area contributed by atoms with E-state index in [1.807, 2.05) is 0 Å². The fourth-order valence-electron chi connectivity index (χ4n) is 1.78. The molecule has 0 atom stereocenters. The van der Waals surface area contributed by atoms with Gasteiger partial charge in [-0.2, -0.15) is 4.39 Å². The Hall–Kier alpha value is -2.70. The van der Waals surface area contributed by atoms with Crippen LogP contribution in [0, 0.1) is 15.9 Å². The molecule has 0 radical (unpaired) electrons. The monoisotopic (exact) mass is 277 g/mol. The van der Waals surface area contributed by atoms with Crippen LogP contribution in [0.3, 0.4) is 0 Å². The maximum atomic E-state index is 13.5. The molecule has 0 aliphatic heterocycles. The Morgan fingerprint density at radius 3 is 2.90 bits per heavy atom. The van der Waals surface area contributed by atoms with Crippen molar-refractivity contribution in [3.05, 3.63) is 58.0 Å². The average Bonchev–Trinajstić information content (AvgIpc) is 2.45. The first-order valence-corrected chi connectivity index (χ1v) is 5.78. The normalized spacial score (nSPS) is 10.1. The van der Waals surface area contributed by atoms with Crippen molar-refractivity contribution < 1.29 is 14.1 Å². The maximum Gasteiger partial charge on any atom is 0.327 e. The summed E-state index contributed by atoms with van der Waals surface area (Å²) in [4.78, 5) is 14.1. The van der Waals surface area contributed by atoms with Gasteiger partial charge in [0.25, 0.3) is 0 Å². The lowest BCUT2D eigenvalue weighted by Gasteiger charge is -2.09. The van der Waals surface area contributed by atoms with Gasteiger partial charge in [-0.1, -0.05) is 12.1 Å². The van der Waals surface area contributed by atoms with Gasteiger partial charge in [-0.15, -0.1) is 0 Å². The first kappa shape index (κ1) is 13.7. The highest BCUT2D eigenvalue weighted by Crippen LogP contribution is 2.28. The van der Waals surface area contributed by atoms with E-state index in [9.17, 15) is 14.5 Å².